The van der Waals surface area contributed by atoms with E-state index in [1.54, 1.807) is 0 Å². The minimum atomic E-state index is 0.701. The van der Waals surface area contributed by atoms with Crippen LogP contribution in [0.5, 0.6) is 0 Å². The van der Waals surface area contributed by atoms with Crippen molar-refractivity contribution in [2.24, 2.45) is 11.7 Å². The Balaban J connectivity index is 2.03. The maximum absolute atomic E-state index is 5.92. The molecule has 0 atom stereocenters. The largest absolute Gasteiger partial charge is 0.330 e. The van der Waals surface area contributed by atoms with Crippen LogP contribution in [-0.2, 0) is 0 Å². The second kappa shape index (κ2) is 3.69. The zero-order valence-corrected chi connectivity index (χ0v) is 8.30. The first-order valence-corrected chi connectivity index (χ1v) is 5.13. The van der Waals surface area contributed by atoms with Gasteiger partial charge in [-0.2, -0.15) is 0 Å². The predicted octanol–water partition coefficient (Wildman–Crippen LogP) is 2.79. The zero-order valence-electron chi connectivity index (χ0n) is 7.54. The van der Waals surface area contributed by atoms with Gasteiger partial charge in [0.15, 0.2) is 0 Å². The molecule has 0 aromatic heterocycles. The van der Waals surface area contributed by atoms with Crippen LogP contribution in [0.3, 0.4) is 0 Å². The molecule has 0 aliphatic heterocycles. The lowest BCUT2D eigenvalue weighted by molar-refractivity contribution is 0.272. The normalized spacial score (nSPS) is 26.9. The average molecular weight is 196 g/mol. The summed E-state index contributed by atoms with van der Waals surface area (Å²) in [6.45, 7) is 0.830. The fraction of sp³-hybridized carbons (Fsp3) is 0.455. The summed E-state index contributed by atoms with van der Waals surface area (Å²) in [5.41, 5.74) is 6.95. The number of halogens is 1. The van der Waals surface area contributed by atoms with E-state index in [9.17, 15) is 0 Å². The van der Waals surface area contributed by atoms with Crippen LogP contribution < -0.4 is 5.73 Å². The van der Waals surface area contributed by atoms with E-state index in [4.69, 9.17) is 17.3 Å². The lowest BCUT2D eigenvalue weighted by atomic mass is 9.71. The van der Waals surface area contributed by atoms with Gasteiger partial charge in [-0.25, -0.2) is 0 Å². The summed E-state index contributed by atoms with van der Waals surface area (Å²) in [4.78, 5) is 0. The Morgan fingerprint density at radius 3 is 2.77 bits per heavy atom. The van der Waals surface area contributed by atoms with Gasteiger partial charge in [-0.15, -0.1) is 0 Å². The highest BCUT2D eigenvalue weighted by Crippen LogP contribution is 2.41. The van der Waals surface area contributed by atoms with Crippen molar-refractivity contribution in [3.05, 3.63) is 34.9 Å². The van der Waals surface area contributed by atoms with Crippen molar-refractivity contribution in [3.8, 4) is 0 Å². The van der Waals surface area contributed by atoms with Crippen molar-refractivity contribution < 1.29 is 0 Å². The van der Waals surface area contributed by atoms with Gasteiger partial charge in [0.25, 0.3) is 0 Å². The van der Waals surface area contributed by atoms with Gasteiger partial charge in [-0.3, -0.25) is 0 Å². The molecule has 0 bridgehead atoms. The van der Waals surface area contributed by atoms with Crippen molar-refractivity contribution in [1.29, 1.82) is 0 Å². The van der Waals surface area contributed by atoms with Gasteiger partial charge in [-0.05, 0) is 48.9 Å². The van der Waals surface area contributed by atoms with Crippen molar-refractivity contribution >= 4 is 11.6 Å². The second-order valence-corrected chi connectivity index (χ2v) is 4.26. The molecule has 0 heterocycles. The van der Waals surface area contributed by atoms with Gasteiger partial charge in [-0.1, -0.05) is 23.7 Å². The molecular weight excluding hydrogens is 182 g/mol. The minimum absolute atomic E-state index is 0.701. The Morgan fingerprint density at radius 1 is 1.38 bits per heavy atom. The smallest absolute Gasteiger partial charge is 0.0408 e. The molecule has 0 amide bonds. The van der Waals surface area contributed by atoms with Gasteiger partial charge in [0, 0.05) is 5.02 Å². The van der Waals surface area contributed by atoms with Gasteiger partial charge in [0.1, 0.15) is 0 Å². The molecule has 2 N–H and O–H groups in total. The molecular formula is C11H14ClN. The van der Waals surface area contributed by atoms with E-state index in [1.807, 2.05) is 12.1 Å². The van der Waals surface area contributed by atoms with E-state index < -0.39 is 0 Å². The summed E-state index contributed by atoms with van der Waals surface area (Å²) in [5.74, 6) is 1.44. The standard InChI is InChI=1S/C11H14ClN/c12-11-3-1-2-9(6-11)10-4-8(5-10)7-13/h1-3,6,8,10H,4-5,7,13H2. The summed E-state index contributed by atoms with van der Waals surface area (Å²) in [6.07, 6.45) is 2.47. The van der Waals surface area contributed by atoms with Gasteiger partial charge in [0.05, 0.1) is 0 Å². The Morgan fingerprint density at radius 2 is 2.15 bits per heavy atom. The first-order valence-electron chi connectivity index (χ1n) is 4.75. The first kappa shape index (κ1) is 9.04. The van der Waals surface area contributed by atoms with E-state index in [0.717, 1.165) is 17.5 Å². The lowest BCUT2D eigenvalue weighted by Gasteiger charge is -2.34. The van der Waals surface area contributed by atoms with Crippen LogP contribution in [0.15, 0.2) is 24.3 Å². The van der Waals surface area contributed by atoms with Crippen LogP contribution in [0.1, 0.15) is 24.3 Å². The third kappa shape index (κ3) is 1.87. The van der Waals surface area contributed by atoms with Crippen LogP contribution in [0.4, 0.5) is 0 Å². The van der Waals surface area contributed by atoms with Crippen molar-refractivity contribution in [2.45, 2.75) is 18.8 Å². The quantitative estimate of drug-likeness (QED) is 0.772. The molecule has 1 nitrogen and oxygen atoms in total. The molecule has 1 aliphatic carbocycles. The van der Waals surface area contributed by atoms with Crippen LogP contribution >= 0.6 is 11.6 Å². The molecule has 0 unspecified atom stereocenters. The zero-order chi connectivity index (χ0) is 9.26. The summed E-state index contributed by atoms with van der Waals surface area (Å²) in [5, 5.41) is 0.841. The SMILES string of the molecule is NCC1CC(c2cccc(Cl)c2)C1. The average Bonchev–Trinajstić information content (AvgIpc) is 2.02. The van der Waals surface area contributed by atoms with Crippen LogP contribution in [0, 0.1) is 5.92 Å². The van der Waals surface area contributed by atoms with Crippen molar-refractivity contribution in [3.63, 3.8) is 0 Å². The van der Waals surface area contributed by atoms with Gasteiger partial charge >= 0.3 is 0 Å². The molecule has 1 saturated carbocycles. The topological polar surface area (TPSA) is 26.0 Å². The number of rotatable bonds is 2. The Labute approximate surface area is 83.9 Å². The van der Waals surface area contributed by atoms with Crippen molar-refractivity contribution in [2.75, 3.05) is 6.54 Å². The Kier molecular flexibility index (Phi) is 2.56. The second-order valence-electron chi connectivity index (χ2n) is 3.83. The molecule has 0 spiro atoms. The molecule has 0 saturated heterocycles. The molecule has 1 aromatic carbocycles. The van der Waals surface area contributed by atoms with E-state index in [-0.39, 0.29) is 0 Å². The monoisotopic (exact) mass is 195 g/mol. The number of nitrogens with two attached hydrogens (primary N) is 1. The fourth-order valence-electron chi connectivity index (χ4n) is 1.96. The summed E-state index contributed by atoms with van der Waals surface area (Å²) >= 11 is 5.92. The summed E-state index contributed by atoms with van der Waals surface area (Å²) in [6, 6.07) is 8.17. The van der Waals surface area contributed by atoms with Crippen LogP contribution in [0.25, 0.3) is 0 Å². The van der Waals surface area contributed by atoms with Crippen molar-refractivity contribution in [1.82, 2.24) is 0 Å². The third-order valence-electron chi connectivity index (χ3n) is 2.89. The number of benzene rings is 1. The third-order valence-corrected chi connectivity index (χ3v) is 3.12. The molecule has 1 aromatic rings. The highest BCUT2D eigenvalue weighted by atomic mass is 35.5. The number of hydrogen-bond donors (Lipinski definition) is 1. The molecule has 2 heteroatoms. The number of hydrogen-bond acceptors (Lipinski definition) is 1. The molecule has 1 fully saturated rings. The van der Waals surface area contributed by atoms with E-state index in [1.165, 1.54) is 18.4 Å². The van der Waals surface area contributed by atoms with E-state index in [0.29, 0.717) is 5.92 Å². The molecule has 1 aliphatic rings. The van der Waals surface area contributed by atoms with E-state index in [2.05, 4.69) is 12.1 Å². The van der Waals surface area contributed by atoms with E-state index >= 15 is 0 Å². The predicted molar refractivity (Wildman–Crippen MR) is 56.0 cm³/mol. The lowest BCUT2D eigenvalue weighted by Crippen LogP contribution is -2.28. The van der Waals surface area contributed by atoms with Crippen LogP contribution in [-0.4, -0.2) is 6.54 Å². The Hall–Kier alpha value is -0.530. The summed E-state index contributed by atoms with van der Waals surface area (Å²) < 4.78 is 0. The summed E-state index contributed by atoms with van der Waals surface area (Å²) in [7, 11) is 0. The maximum atomic E-state index is 5.92. The minimum Gasteiger partial charge on any atom is -0.330 e. The van der Waals surface area contributed by atoms with Gasteiger partial charge < -0.3 is 5.73 Å². The molecule has 0 radical (unpaired) electrons. The molecule has 2 rings (SSSR count). The fourth-order valence-corrected chi connectivity index (χ4v) is 2.16. The Bertz CT molecular complexity index is 292. The molecule has 70 valence electrons. The highest BCUT2D eigenvalue weighted by Gasteiger charge is 2.28. The first-order chi connectivity index (χ1) is 6.29. The van der Waals surface area contributed by atoms with Crippen LogP contribution in [0.2, 0.25) is 5.02 Å². The maximum Gasteiger partial charge on any atom is 0.0408 e. The highest BCUT2D eigenvalue weighted by molar-refractivity contribution is 6.30. The molecule has 13 heavy (non-hydrogen) atoms. The van der Waals surface area contributed by atoms with Gasteiger partial charge in [0.2, 0.25) is 0 Å².